The molecule has 1 unspecified atom stereocenters. The molecule has 2 aromatic heterocycles. The fraction of sp³-hybridized carbons (Fsp3) is 0.444. The zero-order valence-electron chi connectivity index (χ0n) is 20.0. The third-order valence-electron chi connectivity index (χ3n) is 7.35. The van der Waals surface area contributed by atoms with Crippen LogP contribution in [0.2, 0.25) is 5.02 Å². The van der Waals surface area contributed by atoms with Gasteiger partial charge in [-0.1, -0.05) is 36.4 Å². The summed E-state index contributed by atoms with van der Waals surface area (Å²) >= 11 is 6.48. The molecule has 1 aliphatic carbocycles. The fourth-order valence-corrected chi connectivity index (χ4v) is 5.60. The van der Waals surface area contributed by atoms with Crippen molar-refractivity contribution < 1.29 is 4.79 Å². The van der Waals surface area contributed by atoms with Crippen molar-refractivity contribution in [2.75, 3.05) is 25.0 Å². The Morgan fingerprint density at radius 1 is 1.20 bits per heavy atom. The number of para-hydroxylation sites is 1. The topological polar surface area (TPSA) is 85.9 Å². The quantitative estimate of drug-likeness (QED) is 0.403. The molecule has 2 fully saturated rings. The van der Waals surface area contributed by atoms with Crippen LogP contribution in [0.1, 0.15) is 38.5 Å². The lowest BCUT2D eigenvalue weighted by Crippen LogP contribution is -2.45. The second kappa shape index (κ2) is 10.8. The van der Waals surface area contributed by atoms with Gasteiger partial charge in [0.15, 0.2) is 0 Å². The summed E-state index contributed by atoms with van der Waals surface area (Å²) in [5.41, 5.74) is 2.79. The van der Waals surface area contributed by atoms with Crippen molar-refractivity contribution in [3.05, 3.63) is 54.3 Å². The average Bonchev–Trinajstić information content (AvgIpc) is 3.33. The molecule has 3 N–H and O–H groups in total. The maximum atomic E-state index is 11.9. The van der Waals surface area contributed by atoms with Gasteiger partial charge in [0.05, 0.1) is 16.9 Å². The molecule has 1 aromatic carbocycles. The molecule has 1 saturated heterocycles. The van der Waals surface area contributed by atoms with E-state index in [1.54, 1.807) is 6.20 Å². The van der Waals surface area contributed by atoms with Crippen molar-refractivity contribution >= 4 is 34.4 Å². The number of hydrogen-bond donors (Lipinski definition) is 3. The molecule has 35 heavy (non-hydrogen) atoms. The van der Waals surface area contributed by atoms with Crippen molar-refractivity contribution in [1.29, 1.82) is 0 Å². The minimum Gasteiger partial charge on any atom is -0.360 e. The fourth-order valence-electron chi connectivity index (χ4n) is 5.41. The number of nitrogens with one attached hydrogen (secondary N) is 3. The number of piperidine rings is 1. The highest BCUT2D eigenvalue weighted by Crippen LogP contribution is 2.32. The number of anilines is 1. The summed E-state index contributed by atoms with van der Waals surface area (Å²) in [5, 5.41) is 8.94. The van der Waals surface area contributed by atoms with Crippen LogP contribution in [0.15, 0.2) is 49.3 Å². The summed E-state index contributed by atoms with van der Waals surface area (Å²) in [4.78, 5) is 26.4. The Balaban J connectivity index is 1.14. The number of nitrogens with zero attached hydrogens (tertiary/aromatic N) is 3. The van der Waals surface area contributed by atoms with Crippen LogP contribution >= 0.6 is 11.6 Å². The largest absolute Gasteiger partial charge is 0.360 e. The van der Waals surface area contributed by atoms with E-state index < -0.39 is 0 Å². The number of carbonyl (C=O) groups is 1. The van der Waals surface area contributed by atoms with Crippen LogP contribution < -0.4 is 10.6 Å². The van der Waals surface area contributed by atoms with Crippen LogP contribution in [0.4, 0.5) is 5.95 Å². The number of rotatable bonds is 7. The number of halogens is 1. The van der Waals surface area contributed by atoms with E-state index in [0.717, 1.165) is 73.9 Å². The standard InChI is InChI=1S/C27H33ClN6O/c1-2-25(35)34-13-5-6-18(17-34)14-29-19-9-11-20(12-10-19)32-27-31-16-23(28)26(33-27)22-15-30-24-8-4-3-7-21(22)24/h2-4,7-8,15-16,18-20,29-30H,1,5-6,9-14,17H2,(H,31,32,33)/t18?,19-,20+. The molecule has 1 atom stereocenters. The molecule has 8 heteroatoms. The monoisotopic (exact) mass is 492 g/mol. The van der Waals surface area contributed by atoms with Crippen LogP contribution in [-0.4, -0.2) is 57.5 Å². The number of fused-ring (bicyclic) bond motifs is 1. The maximum absolute atomic E-state index is 11.9. The Morgan fingerprint density at radius 2 is 2.00 bits per heavy atom. The predicted octanol–water partition coefficient (Wildman–Crippen LogP) is 5.02. The average molecular weight is 493 g/mol. The molecule has 2 aliphatic rings. The summed E-state index contributed by atoms with van der Waals surface area (Å²) < 4.78 is 0. The Kier molecular flexibility index (Phi) is 7.35. The maximum Gasteiger partial charge on any atom is 0.245 e. The van der Waals surface area contributed by atoms with Crippen LogP contribution in [0.5, 0.6) is 0 Å². The van der Waals surface area contributed by atoms with Gasteiger partial charge in [-0.15, -0.1) is 0 Å². The number of likely N-dealkylation sites (tertiary alicyclic amines) is 1. The minimum absolute atomic E-state index is 0.0542. The molecule has 7 nitrogen and oxygen atoms in total. The van der Waals surface area contributed by atoms with Gasteiger partial charge in [0.25, 0.3) is 0 Å². The summed E-state index contributed by atoms with van der Waals surface area (Å²) in [7, 11) is 0. The van der Waals surface area contributed by atoms with Gasteiger partial charge in [-0.05, 0) is 63.1 Å². The molecule has 3 aromatic rings. The molecule has 3 heterocycles. The summed E-state index contributed by atoms with van der Waals surface area (Å²) in [6.07, 6.45) is 11.7. The summed E-state index contributed by atoms with van der Waals surface area (Å²) in [6, 6.07) is 9.02. The van der Waals surface area contributed by atoms with Gasteiger partial charge in [-0.3, -0.25) is 4.79 Å². The normalized spacial score (nSPS) is 22.8. The molecule has 5 rings (SSSR count). The first-order valence-electron chi connectivity index (χ1n) is 12.6. The lowest BCUT2D eigenvalue weighted by molar-refractivity contribution is -0.127. The Bertz CT molecular complexity index is 1190. The number of amides is 1. The van der Waals surface area contributed by atoms with E-state index in [0.29, 0.717) is 29.0 Å². The zero-order valence-corrected chi connectivity index (χ0v) is 20.7. The molecule has 0 bridgehead atoms. The molecule has 0 radical (unpaired) electrons. The Labute approximate surface area is 211 Å². The van der Waals surface area contributed by atoms with Gasteiger partial charge in [0.2, 0.25) is 11.9 Å². The molecule has 184 valence electrons. The highest BCUT2D eigenvalue weighted by molar-refractivity contribution is 6.33. The first-order valence-corrected chi connectivity index (χ1v) is 13.0. The molecular formula is C27H33ClN6O. The Morgan fingerprint density at radius 3 is 2.83 bits per heavy atom. The van der Waals surface area contributed by atoms with Gasteiger partial charge >= 0.3 is 0 Å². The van der Waals surface area contributed by atoms with E-state index in [9.17, 15) is 4.79 Å². The van der Waals surface area contributed by atoms with Gasteiger partial charge in [-0.25, -0.2) is 9.97 Å². The number of benzene rings is 1. The van der Waals surface area contributed by atoms with Crippen molar-refractivity contribution in [1.82, 2.24) is 25.2 Å². The number of carbonyl (C=O) groups excluding carboxylic acids is 1. The molecular weight excluding hydrogens is 460 g/mol. The van der Waals surface area contributed by atoms with Crippen molar-refractivity contribution in [3.63, 3.8) is 0 Å². The van der Waals surface area contributed by atoms with Crippen molar-refractivity contribution in [2.24, 2.45) is 5.92 Å². The number of hydrogen-bond acceptors (Lipinski definition) is 5. The van der Waals surface area contributed by atoms with E-state index in [1.165, 1.54) is 12.5 Å². The van der Waals surface area contributed by atoms with Gasteiger partial charge in [-0.2, -0.15) is 0 Å². The predicted molar refractivity (Wildman–Crippen MR) is 142 cm³/mol. The lowest BCUT2D eigenvalue weighted by Gasteiger charge is -2.35. The highest BCUT2D eigenvalue weighted by Gasteiger charge is 2.25. The first-order chi connectivity index (χ1) is 17.1. The molecule has 1 amide bonds. The smallest absolute Gasteiger partial charge is 0.245 e. The molecule has 1 saturated carbocycles. The number of aromatic amines is 1. The number of aromatic nitrogens is 3. The van der Waals surface area contributed by atoms with Crippen LogP contribution in [0.3, 0.4) is 0 Å². The van der Waals surface area contributed by atoms with Crippen molar-refractivity contribution in [2.45, 2.75) is 50.6 Å². The zero-order chi connectivity index (χ0) is 24.2. The van der Waals surface area contributed by atoms with Crippen LogP contribution in [0, 0.1) is 5.92 Å². The lowest BCUT2D eigenvalue weighted by atomic mass is 9.90. The highest BCUT2D eigenvalue weighted by atomic mass is 35.5. The minimum atomic E-state index is 0.0542. The van der Waals surface area contributed by atoms with E-state index >= 15 is 0 Å². The first kappa shape index (κ1) is 23.8. The molecule has 0 spiro atoms. The van der Waals surface area contributed by atoms with Crippen LogP contribution in [-0.2, 0) is 4.79 Å². The van der Waals surface area contributed by atoms with Gasteiger partial charge in [0.1, 0.15) is 0 Å². The second-order valence-corrected chi connectivity index (χ2v) is 10.1. The van der Waals surface area contributed by atoms with Gasteiger partial charge < -0.3 is 20.5 Å². The van der Waals surface area contributed by atoms with E-state index in [-0.39, 0.29) is 5.91 Å². The van der Waals surface area contributed by atoms with E-state index in [4.69, 9.17) is 16.6 Å². The van der Waals surface area contributed by atoms with Crippen molar-refractivity contribution in [3.8, 4) is 11.3 Å². The second-order valence-electron chi connectivity index (χ2n) is 9.74. The van der Waals surface area contributed by atoms with E-state index in [2.05, 4.69) is 33.2 Å². The third-order valence-corrected chi connectivity index (χ3v) is 7.63. The van der Waals surface area contributed by atoms with E-state index in [1.807, 2.05) is 29.3 Å². The number of H-pyrrole nitrogens is 1. The van der Waals surface area contributed by atoms with Gasteiger partial charge in [0, 0.05) is 47.8 Å². The summed E-state index contributed by atoms with van der Waals surface area (Å²) in [5.74, 6) is 1.20. The molecule has 1 aliphatic heterocycles. The third kappa shape index (κ3) is 5.52. The van der Waals surface area contributed by atoms with Crippen LogP contribution in [0.25, 0.3) is 22.2 Å². The SMILES string of the molecule is C=CC(=O)N1CCCC(CN[C@H]2CC[C@@H](Nc3ncc(Cl)c(-c4c[nH]c5ccccc45)n3)CC2)C1. The Hall–Kier alpha value is -2.90. The summed E-state index contributed by atoms with van der Waals surface area (Å²) in [6.45, 7) is 6.28.